The number of pyridine rings is 1. The quantitative estimate of drug-likeness (QED) is 0.597. The summed E-state index contributed by atoms with van der Waals surface area (Å²) in [5.74, 6) is -5.70. The largest absolute Gasteiger partial charge is 0.465 e. The van der Waals surface area contributed by atoms with Gasteiger partial charge in [-0.1, -0.05) is 0 Å². The monoisotopic (exact) mass is 349 g/mol. The number of benzene rings is 1. The van der Waals surface area contributed by atoms with E-state index in [1.807, 2.05) is 5.32 Å². The number of amides is 2. The Bertz CT molecular complexity index is 1030. The third kappa shape index (κ3) is 2.35. The minimum absolute atomic E-state index is 0.250. The lowest BCUT2D eigenvalue weighted by molar-refractivity contribution is 0.0595. The van der Waals surface area contributed by atoms with Crippen LogP contribution in [0, 0.1) is 11.6 Å². The number of methoxy groups -OCH3 is 1. The molecule has 2 aromatic rings. The minimum atomic E-state index is -1.20. The van der Waals surface area contributed by atoms with Crippen molar-refractivity contribution in [3.05, 3.63) is 56.9 Å². The zero-order valence-electron chi connectivity index (χ0n) is 12.6. The number of anilines is 1. The molecule has 0 spiro atoms. The first-order valence-electron chi connectivity index (χ1n) is 6.75. The predicted octanol–water partition coefficient (Wildman–Crippen LogP) is 0.368. The van der Waals surface area contributed by atoms with E-state index >= 15 is 0 Å². The molecule has 1 aliphatic rings. The lowest BCUT2D eigenvalue weighted by Gasteiger charge is -2.14. The van der Waals surface area contributed by atoms with E-state index in [1.165, 1.54) is 0 Å². The number of hydrogen-bond donors (Lipinski definition) is 2. The molecule has 25 heavy (non-hydrogen) atoms. The molecule has 0 fully saturated rings. The molecule has 1 aromatic heterocycles. The molecule has 1 aliphatic heterocycles. The van der Waals surface area contributed by atoms with Crippen molar-refractivity contribution < 1.29 is 27.9 Å². The zero-order valence-corrected chi connectivity index (χ0v) is 12.6. The van der Waals surface area contributed by atoms with Gasteiger partial charge < -0.3 is 10.5 Å². The van der Waals surface area contributed by atoms with Gasteiger partial charge >= 0.3 is 5.97 Å². The van der Waals surface area contributed by atoms with Gasteiger partial charge in [0.05, 0.1) is 29.5 Å². The fourth-order valence-corrected chi connectivity index (χ4v) is 2.50. The molecule has 10 heteroatoms. The van der Waals surface area contributed by atoms with E-state index in [0.717, 1.165) is 19.2 Å². The van der Waals surface area contributed by atoms with Crippen LogP contribution in [0.3, 0.4) is 0 Å². The number of hydrogen-bond acceptors (Lipinski definition) is 6. The van der Waals surface area contributed by atoms with Crippen LogP contribution in [-0.4, -0.2) is 29.5 Å². The van der Waals surface area contributed by atoms with Crippen molar-refractivity contribution in [3.8, 4) is 5.69 Å². The van der Waals surface area contributed by atoms with Gasteiger partial charge in [0.2, 0.25) is 0 Å². The summed E-state index contributed by atoms with van der Waals surface area (Å²) in [6, 6.07) is 1.91. The summed E-state index contributed by atoms with van der Waals surface area (Å²) in [6.45, 7) is 0. The van der Waals surface area contributed by atoms with Crippen LogP contribution < -0.4 is 16.6 Å². The van der Waals surface area contributed by atoms with Gasteiger partial charge in [0.15, 0.2) is 0 Å². The van der Waals surface area contributed by atoms with Crippen LogP contribution in [0.15, 0.2) is 23.0 Å². The molecule has 0 bridgehead atoms. The second kappa shape index (κ2) is 5.51. The van der Waals surface area contributed by atoms with Crippen molar-refractivity contribution >= 4 is 23.6 Å². The number of imide groups is 1. The third-order valence-corrected chi connectivity index (χ3v) is 3.64. The average Bonchev–Trinajstić information content (AvgIpc) is 2.82. The lowest BCUT2D eigenvalue weighted by atomic mass is 10.1. The van der Waals surface area contributed by atoms with Crippen LogP contribution in [-0.2, 0) is 4.74 Å². The number of nitrogens with one attached hydrogen (secondary N) is 1. The second-order valence-electron chi connectivity index (χ2n) is 5.05. The van der Waals surface area contributed by atoms with E-state index in [0.29, 0.717) is 10.6 Å². The van der Waals surface area contributed by atoms with Crippen molar-refractivity contribution in [2.45, 2.75) is 0 Å². The van der Waals surface area contributed by atoms with E-state index < -0.39 is 52.0 Å². The van der Waals surface area contributed by atoms with Gasteiger partial charge in [0.1, 0.15) is 17.5 Å². The number of nitrogens with zero attached hydrogens (tertiary/aromatic N) is 1. The zero-order chi connectivity index (χ0) is 18.5. The minimum Gasteiger partial charge on any atom is -0.465 e. The summed E-state index contributed by atoms with van der Waals surface area (Å²) in [5, 5.41) is 1.95. The van der Waals surface area contributed by atoms with Crippen LogP contribution in [0.25, 0.3) is 5.69 Å². The molecule has 2 amide bonds. The maximum absolute atomic E-state index is 14.2. The Morgan fingerprint density at radius 2 is 1.80 bits per heavy atom. The van der Waals surface area contributed by atoms with Gasteiger partial charge in [-0.25, -0.2) is 13.6 Å². The van der Waals surface area contributed by atoms with Crippen LogP contribution in [0.5, 0.6) is 0 Å². The maximum atomic E-state index is 14.2. The summed E-state index contributed by atoms with van der Waals surface area (Å²) < 4.78 is 32.9. The molecule has 3 N–H and O–H groups in total. The van der Waals surface area contributed by atoms with Gasteiger partial charge in [-0.2, -0.15) is 0 Å². The second-order valence-corrected chi connectivity index (χ2v) is 5.05. The van der Waals surface area contributed by atoms with Gasteiger partial charge in [-0.15, -0.1) is 0 Å². The highest BCUT2D eigenvalue weighted by Gasteiger charge is 2.32. The number of halogens is 2. The molecule has 0 radical (unpaired) electrons. The standard InChI is InChI=1S/C15H9F2N3O5/c1-25-15(24)5-2-9(8(17)4-7(5)16)20-10(21)3-6-11(12(20)18)14(23)19-13(6)22/h2-4H,18H2,1H3,(H,19,22,23). The molecule has 0 aliphatic carbocycles. The van der Waals surface area contributed by atoms with Crippen LogP contribution >= 0.6 is 0 Å². The fourth-order valence-electron chi connectivity index (χ4n) is 2.50. The number of ether oxygens (including phenoxy) is 1. The van der Waals surface area contributed by atoms with Gasteiger partial charge in [0.25, 0.3) is 17.4 Å². The molecule has 0 saturated heterocycles. The first-order valence-corrected chi connectivity index (χ1v) is 6.75. The third-order valence-electron chi connectivity index (χ3n) is 3.64. The molecule has 3 rings (SSSR count). The maximum Gasteiger partial charge on any atom is 0.340 e. The van der Waals surface area contributed by atoms with E-state index in [2.05, 4.69) is 4.74 Å². The highest BCUT2D eigenvalue weighted by Crippen LogP contribution is 2.25. The first-order chi connectivity index (χ1) is 11.8. The van der Waals surface area contributed by atoms with Crippen molar-refractivity contribution in [2.75, 3.05) is 12.8 Å². The fraction of sp³-hybridized carbons (Fsp3) is 0.0667. The molecular weight excluding hydrogens is 340 g/mol. The van der Waals surface area contributed by atoms with E-state index in [1.54, 1.807) is 0 Å². The van der Waals surface area contributed by atoms with Crippen molar-refractivity contribution in [2.24, 2.45) is 0 Å². The van der Waals surface area contributed by atoms with Gasteiger partial charge in [0, 0.05) is 12.1 Å². The van der Waals surface area contributed by atoms with Crippen molar-refractivity contribution in [3.63, 3.8) is 0 Å². The summed E-state index contributed by atoms with van der Waals surface area (Å²) in [6.07, 6.45) is 0. The number of fused-ring (bicyclic) bond motifs is 1. The highest BCUT2D eigenvalue weighted by molar-refractivity contribution is 6.23. The van der Waals surface area contributed by atoms with Crippen LogP contribution in [0.4, 0.5) is 14.6 Å². The summed E-state index contributed by atoms with van der Waals surface area (Å²) >= 11 is 0. The Morgan fingerprint density at radius 3 is 2.44 bits per heavy atom. The molecule has 1 aromatic carbocycles. The van der Waals surface area contributed by atoms with E-state index in [4.69, 9.17) is 5.73 Å². The summed E-state index contributed by atoms with van der Waals surface area (Å²) in [7, 11) is 0.997. The number of carbonyl (C=O) groups is 3. The number of rotatable bonds is 2. The lowest BCUT2D eigenvalue weighted by Crippen LogP contribution is -2.25. The SMILES string of the molecule is COC(=O)c1cc(-n2c(N)c3c(cc2=O)C(=O)NC3=O)c(F)cc1F. The molecule has 0 atom stereocenters. The van der Waals surface area contributed by atoms with Crippen molar-refractivity contribution in [1.82, 2.24) is 9.88 Å². The predicted molar refractivity (Wildman–Crippen MR) is 79.5 cm³/mol. The van der Waals surface area contributed by atoms with Gasteiger partial charge in [-0.3, -0.25) is 24.3 Å². The molecule has 8 nitrogen and oxygen atoms in total. The number of esters is 1. The Kier molecular flexibility index (Phi) is 3.59. The number of nitrogens with two attached hydrogens (primary N) is 1. The molecular formula is C15H9F2N3O5. The van der Waals surface area contributed by atoms with E-state index in [9.17, 15) is 28.0 Å². The Morgan fingerprint density at radius 1 is 1.12 bits per heavy atom. The Balaban J connectivity index is 2.34. The normalized spacial score (nSPS) is 12.8. The molecule has 0 unspecified atom stereocenters. The smallest absolute Gasteiger partial charge is 0.340 e. The first kappa shape index (κ1) is 16.3. The average molecular weight is 349 g/mol. The van der Waals surface area contributed by atoms with Crippen LogP contribution in [0.2, 0.25) is 0 Å². The Hall–Kier alpha value is -3.56. The highest BCUT2D eigenvalue weighted by atomic mass is 19.1. The van der Waals surface area contributed by atoms with Crippen molar-refractivity contribution in [1.29, 1.82) is 0 Å². The molecule has 0 saturated carbocycles. The topological polar surface area (TPSA) is 120 Å². The number of carbonyl (C=O) groups excluding carboxylic acids is 3. The number of aromatic nitrogens is 1. The van der Waals surface area contributed by atoms with Gasteiger partial charge in [-0.05, 0) is 6.07 Å². The Labute approximate surface area is 137 Å². The molecule has 2 heterocycles. The summed E-state index contributed by atoms with van der Waals surface area (Å²) in [4.78, 5) is 47.2. The molecule has 128 valence electrons. The van der Waals surface area contributed by atoms with Crippen LogP contribution in [0.1, 0.15) is 31.1 Å². The van der Waals surface area contributed by atoms with E-state index in [-0.39, 0.29) is 11.1 Å². The summed E-state index contributed by atoms with van der Waals surface area (Å²) in [5.41, 5.74) is 3.05. The number of nitrogen functional groups attached to an aromatic ring is 1.